The molecular formula is C10H8FN3O3S. The highest BCUT2D eigenvalue weighted by Crippen LogP contribution is 2.10. The quantitative estimate of drug-likeness (QED) is 0.858. The predicted molar refractivity (Wildman–Crippen MR) is 62.1 cm³/mol. The molecule has 2 rings (SSSR count). The lowest BCUT2D eigenvalue weighted by Crippen LogP contribution is -2.21. The highest BCUT2D eigenvalue weighted by molar-refractivity contribution is 7.92. The highest BCUT2D eigenvalue weighted by atomic mass is 32.2. The zero-order valence-corrected chi connectivity index (χ0v) is 9.74. The summed E-state index contributed by atoms with van der Waals surface area (Å²) in [6, 6.07) is 3.30. The van der Waals surface area contributed by atoms with Gasteiger partial charge in [0.15, 0.2) is 4.90 Å². The second kappa shape index (κ2) is 4.57. The number of hydrogen-bond acceptors (Lipinski definition) is 4. The third-order valence-electron chi connectivity index (χ3n) is 2.04. The molecule has 0 aromatic carbocycles. The summed E-state index contributed by atoms with van der Waals surface area (Å²) in [6.07, 6.45) is 3.25. The molecule has 0 aliphatic rings. The minimum atomic E-state index is -4.04. The molecule has 94 valence electrons. The number of anilines is 1. The molecule has 2 aromatic heterocycles. The van der Waals surface area contributed by atoms with Crippen LogP contribution in [0.25, 0.3) is 0 Å². The molecule has 0 bridgehead atoms. The van der Waals surface area contributed by atoms with Gasteiger partial charge in [-0.05, 0) is 12.1 Å². The molecule has 2 aromatic rings. The van der Waals surface area contributed by atoms with Crippen molar-refractivity contribution < 1.29 is 12.8 Å². The fraction of sp³-hybridized carbons (Fsp3) is 0. The van der Waals surface area contributed by atoms with Gasteiger partial charge >= 0.3 is 0 Å². The molecule has 6 nitrogen and oxygen atoms in total. The summed E-state index contributed by atoms with van der Waals surface area (Å²) in [7, 11) is -4.04. The maximum atomic E-state index is 12.6. The van der Waals surface area contributed by atoms with E-state index in [1.807, 2.05) is 0 Å². The Morgan fingerprint density at radius 1 is 1.28 bits per heavy atom. The number of pyridine rings is 2. The summed E-state index contributed by atoms with van der Waals surface area (Å²) in [6.45, 7) is 0. The second-order valence-corrected chi connectivity index (χ2v) is 4.99. The van der Waals surface area contributed by atoms with Gasteiger partial charge in [-0.2, -0.15) is 0 Å². The van der Waals surface area contributed by atoms with E-state index in [9.17, 15) is 17.6 Å². The average Bonchev–Trinajstić information content (AvgIpc) is 2.32. The maximum absolute atomic E-state index is 12.6. The van der Waals surface area contributed by atoms with Crippen molar-refractivity contribution in [3.05, 3.63) is 52.8 Å². The molecule has 0 fully saturated rings. The van der Waals surface area contributed by atoms with Crippen molar-refractivity contribution in [2.45, 2.75) is 4.90 Å². The number of aromatic nitrogens is 2. The van der Waals surface area contributed by atoms with Gasteiger partial charge in [-0.1, -0.05) is 0 Å². The van der Waals surface area contributed by atoms with E-state index in [0.29, 0.717) is 0 Å². The van der Waals surface area contributed by atoms with Crippen molar-refractivity contribution in [3.8, 4) is 0 Å². The molecule has 0 unspecified atom stereocenters. The van der Waals surface area contributed by atoms with E-state index in [1.165, 1.54) is 6.20 Å². The van der Waals surface area contributed by atoms with Gasteiger partial charge in [-0.3, -0.25) is 9.52 Å². The standard InChI is InChI=1S/C10H8FN3O3S/c11-7-1-2-10(13-5-7)14-18(16,17)9-6-12-4-3-8(9)15/h1-6H,(H,12,15)(H,13,14). The molecule has 0 saturated heterocycles. The predicted octanol–water partition coefficient (Wildman–Crippen LogP) is 0.710. The van der Waals surface area contributed by atoms with Crippen molar-refractivity contribution in [2.75, 3.05) is 4.72 Å². The Morgan fingerprint density at radius 2 is 2.06 bits per heavy atom. The van der Waals surface area contributed by atoms with Crippen molar-refractivity contribution in [1.82, 2.24) is 9.97 Å². The molecular weight excluding hydrogens is 261 g/mol. The largest absolute Gasteiger partial charge is 0.366 e. The summed E-state index contributed by atoms with van der Waals surface area (Å²) in [5, 5.41) is 0. The monoisotopic (exact) mass is 269 g/mol. The van der Waals surface area contributed by atoms with Crippen LogP contribution in [0.15, 0.2) is 46.5 Å². The van der Waals surface area contributed by atoms with Crippen molar-refractivity contribution >= 4 is 15.8 Å². The van der Waals surface area contributed by atoms with Crippen LogP contribution < -0.4 is 10.2 Å². The van der Waals surface area contributed by atoms with Crippen LogP contribution in [-0.4, -0.2) is 18.4 Å². The Bertz CT molecular complexity index is 710. The molecule has 0 aliphatic heterocycles. The molecule has 18 heavy (non-hydrogen) atoms. The number of halogens is 1. The fourth-order valence-electron chi connectivity index (χ4n) is 1.24. The van der Waals surface area contributed by atoms with E-state index in [4.69, 9.17) is 0 Å². The first kappa shape index (κ1) is 12.2. The molecule has 0 spiro atoms. The summed E-state index contributed by atoms with van der Waals surface area (Å²) in [4.78, 5) is 17.0. The van der Waals surface area contributed by atoms with Crippen LogP contribution in [0.3, 0.4) is 0 Å². The number of rotatable bonds is 3. The van der Waals surface area contributed by atoms with Gasteiger partial charge < -0.3 is 4.98 Å². The van der Waals surface area contributed by atoms with Crippen LogP contribution in [0.2, 0.25) is 0 Å². The van der Waals surface area contributed by atoms with Crippen molar-refractivity contribution in [1.29, 1.82) is 0 Å². The summed E-state index contributed by atoms with van der Waals surface area (Å²) >= 11 is 0. The highest BCUT2D eigenvalue weighted by Gasteiger charge is 2.18. The Balaban J connectivity index is 2.36. The van der Waals surface area contributed by atoms with E-state index < -0.39 is 26.2 Å². The Labute approximate surface area is 102 Å². The molecule has 2 heterocycles. The smallest absolute Gasteiger partial charge is 0.268 e. The fourth-order valence-corrected chi connectivity index (χ4v) is 2.30. The zero-order valence-electron chi connectivity index (χ0n) is 8.92. The summed E-state index contributed by atoms with van der Waals surface area (Å²) < 4.78 is 38.4. The Kier molecular flexibility index (Phi) is 3.11. The van der Waals surface area contributed by atoms with Crippen LogP contribution in [0.5, 0.6) is 0 Å². The van der Waals surface area contributed by atoms with Gasteiger partial charge in [0.2, 0.25) is 5.43 Å². The van der Waals surface area contributed by atoms with E-state index in [2.05, 4.69) is 14.7 Å². The number of sulfonamides is 1. The lowest BCUT2D eigenvalue weighted by Gasteiger charge is -2.05. The van der Waals surface area contributed by atoms with E-state index >= 15 is 0 Å². The number of nitrogens with one attached hydrogen (secondary N) is 2. The van der Waals surface area contributed by atoms with Gasteiger partial charge in [0.25, 0.3) is 10.0 Å². The number of H-pyrrole nitrogens is 1. The third kappa shape index (κ3) is 2.54. The molecule has 0 amide bonds. The molecule has 0 atom stereocenters. The van der Waals surface area contributed by atoms with Crippen LogP contribution >= 0.6 is 0 Å². The van der Waals surface area contributed by atoms with Gasteiger partial charge in [0.1, 0.15) is 11.6 Å². The second-order valence-electron chi connectivity index (χ2n) is 3.34. The number of aromatic amines is 1. The molecule has 8 heteroatoms. The zero-order chi connectivity index (χ0) is 13.2. The van der Waals surface area contributed by atoms with E-state index in [-0.39, 0.29) is 5.82 Å². The number of nitrogens with zero attached hydrogens (tertiary/aromatic N) is 1. The lowest BCUT2D eigenvalue weighted by molar-refractivity contribution is 0.599. The summed E-state index contributed by atoms with van der Waals surface area (Å²) in [5.41, 5.74) is -0.650. The third-order valence-corrected chi connectivity index (χ3v) is 3.42. The van der Waals surface area contributed by atoms with Gasteiger partial charge in [-0.25, -0.2) is 17.8 Å². The molecule has 0 radical (unpaired) electrons. The van der Waals surface area contributed by atoms with Crippen LogP contribution in [0.1, 0.15) is 0 Å². The molecule has 2 N–H and O–H groups in total. The van der Waals surface area contributed by atoms with Gasteiger partial charge in [0.05, 0.1) is 6.20 Å². The topological polar surface area (TPSA) is 91.9 Å². The van der Waals surface area contributed by atoms with E-state index in [0.717, 1.165) is 30.6 Å². The molecule has 0 aliphatic carbocycles. The van der Waals surface area contributed by atoms with Crippen LogP contribution in [-0.2, 0) is 10.0 Å². The van der Waals surface area contributed by atoms with Crippen LogP contribution in [0.4, 0.5) is 10.2 Å². The Hall–Kier alpha value is -2.22. The van der Waals surface area contributed by atoms with Gasteiger partial charge in [-0.15, -0.1) is 0 Å². The van der Waals surface area contributed by atoms with Crippen LogP contribution in [0, 0.1) is 5.82 Å². The number of hydrogen-bond donors (Lipinski definition) is 2. The first-order chi connectivity index (χ1) is 8.49. The lowest BCUT2D eigenvalue weighted by atomic mass is 10.5. The average molecular weight is 269 g/mol. The molecule has 0 saturated carbocycles. The van der Waals surface area contributed by atoms with E-state index in [1.54, 1.807) is 0 Å². The minimum Gasteiger partial charge on any atom is -0.366 e. The van der Waals surface area contributed by atoms with Crippen molar-refractivity contribution in [3.63, 3.8) is 0 Å². The first-order valence-corrected chi connectivity index (χ1v) is 6.29. The first-order valence-electron chi connectivity index (χ1n) is 4.80. The van der Waals surface area contributed by atoms with Gasteiger partial charge in [0, 0.05) is 18.5 Å². The van der Waals surface area contributed by atoms with Crippen molar-refractivity contribution in [2.24, 2.45) is 0 Å². The Morgan fingerprint density at radius 3 is 2.67 bits per heavy atom. The maximum Gasteiger partial charge on any atom is 0.268 e. The minimum absolute atomic E-state index is 0.0698. The summed E-state index contributed by atoms with van der Waals surface area (Å²) in [5.74, 6) is -0.657. The normalized spacial score (nSPS) is 11.2. The SMILES string of the molecule is O=c1cc[nH]cc1S(=O)(=O)Nc1ccc(F)cn1.